The standard InChI is InChI=1S/C26H22N4/c1-17-23(19-10-5-3-6-11-19)27-29-25(17)21-14-9-15-22(16-21)26-18(2)24(28-30-26)20-12-7-4-8-13-20/h3-16H,1-2H3,(H,27,29)(H,28,30). The van der Waals surface area contributed by atoms with Crippen molar-refractivity contribution in [1.29, 1.82) is 0 Å². The fourth-order valence-corrected chi connectivity index (χ4v) is 3.94. The van der Waals surface area contributed by atoms with Crippen LogP contribution >= 0.6 is 0 Å². The quantitative estimate of drug-likeness (QED) is 0.372. The molecule has 0 unspecified atom stereocenters. The lowest BCUT2D eigenvalue weighted by atomic mass is 9.99. The number of aromatic amines is 2. The lowest BCUT2D eigenvalue weighted by Crippen LogP contribution is -1.86. The van der Waals surface area contributed by atoms with Crippen LogP contribution in [0.5, 0.6) is 0 Å². The van der Waals surface area contributed by atoms with E-state index in [9.17, 15) is 0 Å². The van der Waals surface area contributed by atoms with Crippen LogP contribution in [0.3, 0.4) is 0 Å². The van der Waals surface area contributed by atoms with Gasteiger partial charge in [-0.2, -0.15) is 10.2 Å². The third-order valence-electron chi connectivity index (χ3n) is 5.55. The van der Waals surface area contributed by atoms with Gasteiger partial charge in [0, 0.05) is 22.3 Å². The molecular formula is C26H22N4. The second kappa shape index (κ2) is 7.48. The van der Waals surface area contributed by atoms with E-state index < -0.39 is 0 Å². The Kier molecular flexibility index (Phi) is 4.52. The molecule has 0 fully saturated rings. The number of benzene rings is 3. The topological polar surface area (TPSA) is 57.4 Å². The van der Waals surface area contributed by atoms with Gasteiger partial charge in [0.25, 0.3) is 0 Å². The third-order valence-corrected chi connectivity index (χ3v) is 5.55. The smallest absolute Gasteiger partial charge is 0.0956 e. The lowest BCUT2D eigenvalue weighted by Gasteiger charge is -2.05. The Hall–Kier alpha value is -3.92. The van der Waals surface area contributed by atoms with Crippen LogP contribution in [-0.2, 0) is 0 Å². The molecule has 0 aliphatic carbocycles. The van der Waals surface area contributed by atoms with E-state index >= 15 is 0 Å². The Bertz CT molecular complexity index is 1200. The molecule has 0 radical (unpaired) electrons. The summed E-state index contributed by atoms with van der Waals surface area (Å²) in [6.45, 7) is 4.22. The molecule has 0 saturated heterocycles. The minimum atomic E-state index is 0.965. The number of nitrogens with one attached hydrogen (secondary N) is 2. The van der Waals surface area contributed by atoms with Crippen LogP contribution in [0.1, 0.15) is 11.1 Å². The van der Waals surface area contributed by atoms with Crippen LogP contribution in [0.4, 0.5) is 0 Å². The molecule has 0 aliphatic heterocycles. The summed E-state index contributed by atoms with van der Waals surface area (Å²) in [6, 6.07) is 29.0. The summed E-state index contributed by atoms with van der Waals surface area (Å²) < 4.78 is 0. The molecule has 4 nitrogen and oxygen atoms in total. The molecule has 4 heteroatoms. The molecule has 0 atom stereocenters. The first kappa shape index (κ1) is 18.1. The number of hydrogen-bond donors (Lipinski definition) is 2. The summed E-state index contributed by atoms with van der Waals surface area (Å²) in [4.78, 5) is 0. The highest BCUT2D eigenvalue weighted by atomic mass is 15.1. The van der Waals surface area contributed by atoms with E-state index in [0.717, 1.165) is 56.2 Å². The van der Waals surface area contributed by atoms with E-state index in [2.05, 4.69) is 82.8 Å². The van der Waals surface area contributed by atoms with Gasteiger partial charge in [-0.3, -0.25) is 10.2 Å². The predicted octanol–water partition coefficient (Wildman–Crippen LogP) is 6.42. The molecule has 2 aromatic heterocycles. The summed E-state index contributed by atoms with van der Waals surface area (Å²) in [7, 11) is 0. The van der Waals surface area contributed by atoms with Crippen molar-refractivity contribution in [2.24, 2.45) is 0 Å². The summed E-state index contributed by atoms with van der Waals surface area (Å²) in [5.74, 6) is 0. The zero-order valence-electron chi connectivity index (χ0n) is 17.0. The van der Waals surface area contributed by atoms with Gasteiger partial charge >= 0.3 is 0 Å². The Balaban J connectivity index is 1.54. The fraction of sp³-hybridized carbons (Fsp3) is 0.0769. The number of aromatic nitrogens is 4. The van der Waals surface area contributed by atoms with Gasteiger partial charge in [-0.15, -0.1) is 0 Å². The van der Waals surface area contributed by atoms with Gasteiger partial charge in [0.2, 0.25) is 0 Å². The van der Waals surface area contributed by atoms with Crippen molar-refractivity contribution in [3.8, 4) is 45.0 Å². The third kappa shape index (κ3) is 3.12. The first-order valence-corrected chi connectivity index (χ1v) is 10.0. The average molecular weight is 390 g/mol. The minimum Gasteiger partial charge on any atom is -0.277 e. The van der Waals surface area contributed by atoms with Gasteiger partial charge in [-0.1, -0.05) is 78.9 Å². The van der Waals surface area contributed by atoms with Crippen molar-refractivity contribution in [2.45, 2.75) is 13.8 Å². The monoisotopic (exact) mass is 390 g/mol. The number of rotatable bonds is 4. The van der Waals surface area contributed by atoms with Crippen molar-refractivity contribution in [3.05, 3.63) is 96.1 Å². The molecule has 30 heavy (non-hydrogen) atoms. The molecule has 0 bridgehead atoms. The van der Waals surface area contributed by atoms with Gasteiger partial charge in [0.1, 0.15) is 0 Å². The maximum atomic E-state index is 4.62. The second-order valence-corrected chi connectivity index (χ2v) is 7.46. The minimum absolute atomic E-state index is 0.965. The molecule has 0 aliphatic rings. The van der Waals surface area contributed by atoms with E-state index in [1.165, 1.54) is 0 Å². The molecule has 0 saturated carbocycles. The van der Waals surface area contributed by atoms with Crippen LogP contribution in [-0.4, -0.2) is 20.4 Å². The highest BCUT2D eigenvalue weighted by Gasteiger charge is 2.16. The lowest BCUT2D eigenvalue weighted by molar-refractivity contribution is 1.10. The summed E-state index contributed by atoms with van der Waals surface area (Å²) in [5, 5.41) is 15.7. The van der Waals surface area contributed by atoms with E-state index in [1.807, 2.05) is 36.4 Å². The average Bonchev–Trinajstić information content (AvgIpc) is 3.38. The van der Waals surface area contributed by atoms with Crippen molar-refractivity contribution in [1.82, 2.24) is 20.4 Å². The second-order valence-electron chi connectivity index (χ2n) is 7.46. The van der Waals surface area contributed by atoms with E-state index in [-0.39, 0.29) is 0 Å². The first-order valence-electron chi connectivity index (χ1n) is 10.0. The van der Waals surface area contributed by atoms with Crippen LogP contribution in [0.15, 0.2) is 84.9 Å². The Morgan fingerprint density at radius 3 is 1.33 bits per heavy atom. The summed E-state index contributed by atoms with van der Waals surface area (Å²) in [5.41, 5.74) is 10.8. The van der Waals surface area contributed by atoms with E-state index in [1.54, 1.807) is 0 Å². The van der Waals surface area contributed by atoms with E-state index in [0.29, 0.717) is 0 Å². The normalized spacial score (nSPS) is 11.0. The highest BCUT2D eigenvalue weighted by Crippen LogP contribution is 2.34. The molecule has 3 aromatic carbocycles. The summed E-state index contributed by atoms with van der Waals surface area (Å²) in [6.07, 6.45) is 0. The number of hydrogen-bond acceptors (Lipinski definition) is 2. The molecule has 5 aromatic rings. The molecule has 0 amide bonds. The zero-order valence-corrected chi connectivity index (χ0v) is 17.0. The predicted molar refractivity (Wildman–Crippen MR) is 122 cm³/mol. The van der Waals surface area contributed by atoms with Crippen LogP contribution in [0, 0.1) is 13.8 Å². The van der Waals surface area contributed by atoms with Crippen molar-refractivity contribution < 1.29 is 0 Å². The Morgan fingerprint density at radius 1 is 0.500 bits per heavy atom. The Morgan fingerprint density at radius 2 is 0.900 bits per heavy atom. The molecule has 0 spiro atoms. The number of nitrogens with zero attached hydrogens (tertiary/aromatic N) is 2. The molecule has 2 heterocycles. The summed E-state index contributed by atoms with van der Waals surface area (Å²) >= 11 is 0. The molecule has 2 N–H and O–H groups in total. The van der Waals surface area contributed by atoms with Crippen LogP contribution in [0.25, 0.3) is 45.0 Å². The zero-order chi connectivity index (χ0) is 20.5. The molecule has 5 rings (SSSR count). The number of H-pyrrole nitrogens is 2. The van der Waals surface area contributed by atoms with Crippen molar-refractivity contribution >= 4 is 0 Å². The van der Waals surface area contributed by atoms with Gasteiger partial charge in [-0.05, 0) is 31.0 Å². The first-order chi connectivity index (χ1) is 14.7. The van der Waals surface area contributed by atoms with Gasteiger partial charge < -0.3 is 0 Å². The molecule has 146 valence electrons. The van der Waals surface area contributed by atoms with Gasteiger partial charge in [-0.25, -0.2) is 0 Å². The van der Waals surface area contributed by atoms with E-state index in [4.69, 9.17) is 0 Å². The highest BCUT2D eigenvalue weighted by molar-refractivity contribution is 5.79. The fourth-order valence-electron chi connectivity index (χ4n) is 3.94. The van der Waals surface area contributed by atoms with Crippen molar-refractivity contribution in [2.75, 3.05) is 0 Å². The Labute approximate surface area is 175 Å². The molecular weight excluding hydrogens is 368 g/mol. The van der Waals surface area contributed by atoms with Crippen LogP contribution < -0.4 is 0 Å². The maximum absolute atomic E-state index is 4.62. The van der Waals surface area contributed by atoms with Crippen LogP contribution in [0.2, 0.25) is 0 Å². The van der Waals surface area contributed by atoms with Gasteiger partial charge in [0.05, 0.1) is 22.8 Å². The maximum Gasteiger partial charge on any atom is 0.0956 e. The largest absolute Gasteiger partial charge is 0.277 e. The SMILES string of the molecule is Cc1c(-c2cccc(-c3n[nH]c(-c4ccccc4)c3C)c2)n[nH]c1-c1ccccc1. The van der Waals surface area contributed by atoms with Gasteiger partial charge in [0.15, 0.2) is 0 Å². The van der Waals surface area contributed by atoms with Crippen molar-refractivity contribution in [3.63, 3.8) is 0 Å².